The predicted molar refractivity (Wildman–Crippen MR) is 119 cm³/mol. The summed E-state index contributed by atoms with van der Waals surface area (Å²) in [5, 5.41) is 4.82. The van der Waals surface area contributed by atoms with Crippen molar-refractivity contribution in [1.29, 1.82) is 0 Å². The molecule has 0 radical (unpaired) electrons. The van der Waals surface area contributed by atoms with Crippen LogP contribution in [0.4, 0.5) is 5.69 Å². The number of fused-ring (bicyclic) bond motifs is 1. The summed E-state index contributed by atoms with van der Waals surface area (Å²) in [6, 6.07) is 15.8. The molecule has 1 amide bonds. The summed E-state index contributed by atoms with van der Waals surface area (Å²) in [6.45, 7) is 2.31. The van der Waals surface area contributed by atoms with E-state index in [2.05, 4.69) is 5.10 Å². The molecular formula is C22H23ClN4O3S. The molecule has 2 heterocycles. The molecule has 0 bridgehead atoms. The van der Waals surface area contributed by atoms with Crippen LogP contribution in [0.1, 0.15) is 23.9 Å². The number of carbonyl (C=O) groups excluding carboxylic acids is 1. The Balaban J connectivity index is 1.67. The molecule has 0 fully saturated rings. The molecule has 1 aromatic heterocycles. The zero-order chi connectivity index (χ0) is 22.2. The summed E-state index contributed by atoms with van der Waals surface area (Å²) >= 11 is 6.17. The fourth-order valence-corrected chi connectivity index (χ4v) is 5.81. The third kappa shape index (κ3) is 4.11. The lowest BCUT2D eigenvalue weighted by Gasteiger charge is -2.28. The maximum Gasteiger partial charge on any atom is 0.244 e. The minimum absolute atomic E-state index is 0.0974. The average Bonchev–Trinajstić information content (AvgIpc) is 3.07. The van der Waals surface area contributed by atoms with Gasteiger partial charge < -0.3 is 4.90 Å². The molecular weight excluding hydrogens is 436 g/mol. The van der Waals surface area contributed by atoms with Gasteiger partial charge in [0.05, 0.1) is 17.3 Å². The van der Waals surface area contributed by atoms with Crippen LogP contribution in [-0.4, -0.2) is 35.0 Å². The number of carbonyl (C=O) groups is 1. The van der Waals surface area contributed by atoms with Gasteiger partial charge in [0.25, 0.3) is 0 Å². The van der Waals surface area contributed by atoms with E-state index < -0.39 is 10.0 Å². The molecule has 0 saturated heterocycles. The molecule has 1 aliphatic heterocycles. The van der Waals surface area contributed by atoms with Crippen LogP contribution < -0.4 is 4.90 Å². The molecule has 0 N–H and O–H groups in total. The van der Waals surface area contributed by atoms with Gasteiger partial charge in [0, 0.05) is 50.4 Å². The fourth-order valence-electron chi connectivity index (χ4n) is 3.91. The first-order valence-corrected chi connectivity index (χ1v) is 11.7. The molecule has 7 nitrogen and oxygen atoms in total. The highest BCUT2D eigenvalue weighted by atomic mass is 35.5. The Morgan fingerprint density at radius 3 is 2.48 bits per heavy atom. The van der Waals surface area contributed by atoms with Crippen LogP contribution in [0.2, 0.25) is 5.02 Å². The van der Waals surface area contributed by atoms with Crippen molar-refractivity contribution in [1.82, 2.24) is 14.1 Å². The van der Waals surface area contributed by atoms with Crippen LogP contribution in [0.3, 0.4) is 0 Å². The number of halogens is 1. The van der Waals surface area contributed by atoms with E-state index in [1.165, 1.54) is 17.3 Å². The number of benzene rings is 2. The van der Waals surface area contributed by atoms with Crippen molar-refractivity contribution in [2.75, 3.05) is 11.4 Å². The highest BCUT2D eigenvalue weighted by Crippen LogP contribution is 2.31. The summed E-state index contributed by atoms with van der Waals surface area (Å²) in [6.07, 6.45) is 0.536. The Morgan fingerprint density at radius 2 is 1.81 bits per heavy atom. The van der Waals surface area contributed by atoms with E-state index in [0.29, 0.717) is 18.7 Å². The maximum absolute atomic E-state index is 13.2. The van der Waals surface area contributed by atoms with Crippen LogP contribution in [0.15, 0.2) is 59.5 Å². The van der Waals surface area contributed by atoms with Gasteiger partial charge in [-0.3, -0.25) is 9.48 Å². The third-order valence-electron chi connectivity index (χ3n) is 5.50. The number of sulfonamides is 1. The first kappa shape index (κ1) is 21.5. The Morgan fingerprint density at radius 1 is 1.13 bits per heavy atom. The molecule has 162 valence electrons. The van der Waals surface area contributed by atoms with Crippen LogP contribution in [0, 0.1) is 0 Å². The van der Waals surface area contributed by atoms with Crippen molar-refractivity contribution in [2.45, 2.75) is 31.3 Å². The van der Waals surface area contributed by atoms with E-state index in [1.807, 2.05) is 37.4 Å². The van der Waals surface area contributed by atoms with Gasteiger partial charge in [0.2, 0.25) is 15.9 Å². The number of aromatic nitrogens is 2. The normalized spacial score (nSPS) is 14.3. The Labute approximate surface area is 186 Å². The maximum atomic E-state index is 13.2. The first-order valence-electron chi connectivity index (χ1n) is 9.90. The molecule has 1 aliphatic rings. The number of hydrogen-bond donors (Lipinski definition) is 0. The number of rotatable bonds is 5. The van der Waals surface area contributed by atoms with Gasteiger partial charge in [-0.05, 0) is 24.3 Å². The minimum atomic E-state index is -3.76. The Kier molecular flexibility index (Phi) is 5.88. The SMILES string of the molecule is CC(=O)N(Cc1nn(C)c2c1CN(S(=O)(=O)c1ccccc1Cl)CC2)c1ccccc1. The van der Waals surface area contributed by atoms with Gasteiger partial charge in [-0.15, -0.1) is 0 Å². The highest BCUT2D eigenvalue weighted by molar-refractivity contribution is 7.89. The second-order valence-corrected chi connectivity index (χ2v) is 9.77. The van der Waals surface area contributed by atoms with Gasteiger partial charge in [-0.25, -0.2) is 8.42 Å². The summed E-state index contributed by atoms with van der Waals surface area (Å²) in [4.78, 5) is 14.1. The minimum Gasteiger partial charge on any atom is -0.307 e. The van der Waals surface area contributed by atoms with Crippen molar-refractivity contribution in [2.24, 2.45) is 7.05 Å². The number of para-hydroxylation sites is 1. The van der Waals surface area contributed by atoms with Gasteiger partial charge in [-0.1, -0.05) is 41.9 Å². The quantitative estimate of drug-likeness (QED) is 0.587. The van der Waals surface area contributed by atoms with Gasteiger partial charge >= 0.3 is 0 Å². The standard InChI is InChI=1S/C22H23ClN4O3S/c1-16(28)27(17-8-4-3-5-9-17)15-20-18-14-26(13-12-21(18)25(2)24-20)31(29,30)22-11-7-6-10-19(22)23/h3-11H,12-15H2,1-2H3. The van der Waals surface area contributed by atoms with Gasteiger partial charge in [0.1, 0.15) is 4.90 Å². The average molecular weight is 459 g/mol. The summed E-state index contributed by atoms with van der Waals surface area (Å²) in [7, 11) is -1.91. The van der Waals surface area contributed by atoms with Crippen molar-refractivity contribution in [3.63, 3.8) is 0 Å². The van der Waals surface area contributed by atoms with E-state index in [1.54, 1.807) is 27.8 Å². The van der Waals surface area contributed by atoms with E-state index in [4.69, 9.17) is 11.6 Å². The lowest BCUT2D eigenvalue weighted by Crippen LogP contribution is -2.37. The third-order valence-corrected chi connectivity index (χ3v) is 7.85. The number of hydrogen-bond acceptors (Lipinski definition) is 4. The zero-order valence-corrected chi connectivity index (χ0v) is 18.9. The monoisotopic (exact) mass is 458 g/mol. The van der Waals surface area contributed by atoms with E-state index >= 15 is 0 Å². The Bertz CT molecular complexity index is 1220. The van der Waals surface area contributed by atoms with E-state index in [0.717, 1.165) is 16.9 Å². The smallest absolute Gasteiger partial charge is 0.244 e. The van der Waals surface area contributed by atoms with Gasteiger partial charge in [0.15, 0.2) is 0 Å². The summed E-state index contributed by atoms with van der Waals surface area (Å²) in [5.41, 5.74) is 3.28. The summed E-state index contributed by atoms with van der Waals surface area (Å²) in [5.74, 6) is -0.109. The number of anilines is 1. The second kappa shape index (κ2) is 8.45. The summed E-state index contributed by atoms with van der Waals surface area (Å²) < 4.78 is 29.7. The lowest BCUT2D eigenvalue weighted by molar-refractivity contribution is -0.116. The van der Waals surface area contributed by atoms with Crippen LogP contribution in [0.25, 0.3) is 0 Å². The van der Waals surface area contributed by atoms with Crippen molar-refractivity contribution in [3.8, 4) is 0 Å². The van der Waals surface area contributed by atoms with Crippen molar-refractivity contribution in [3.05, 3.63) is 76.6 Å². The van der Waals surface area contributed by atoms with Crippen molar-refractivity contribution >= 4 is 33.2 Å². The van der Waals surface area contributed by atoms with Crippen LogP contribution in [0.5, 0.6) is 0 Å². The molecule has 4 rings (SSSR count). The number of amides is 1. The van der Waals surface area contributed by atoms with Crippen molar-refractivity contribution < 1.29 is 13.2 Å². The Hall–Kier alpha value is -2.68. The van der Waals surface area contributed by atoms with Crippen LogP contribution in [-0.2, 0) is 41.4 Å². The zero-order valence-electron chi connectivity index (χ0n) is 17.3. The topological polar surface area (TPSA) is 75.5 Å². The molecule has 0 unspecified atom stereocenters. The first-order chi connectivity index (χ1) is 14.8. The van der Waals surface area contributed by atoms with Crippen LogP contribution >= 0.6 is 11.6 Å². The predicted octanol–water partition coefficient (Wildman–Crippen LogP) is 3.37. The molecule has 3 aromatic rings. The highest BCUT2D eigenvalue weighted by Gasteiger charge is 2.33. The lowest BCUT2D eigenvalue weighted by atomic mass is 10.1. The molecule has 2 aromatic carbocycles. The number of nitrogens with zero attached hydrogens (tertiary/aromatic N) is 4. The molecule has 31 heavy (non-hydrogen) atoms. The molecule has 0 spiro atoms. The molecule has 9 heteroatoms. The fraction of sp³-hybridized carbons (Fsp3) is 0.273. The second-order valence-electron chi connectivity index (χ2n) is 7.46. The van der Waals surface area contributed by atoms with E-state index in [9.17, 15) is 13.2 Å². The molecule has 0 atom stereocenters. The molecule has 0 saturated carbocycles. The largest absolute Gasteiger partial charge is 0.307 e. The number of aryl methyl sites for hydroxylation is 1. The molecule has 0 aliphatic carbocycles. The van der Waals surface area contributed by atoms with E-state index in [-0.39, 0.29) is 28.9 Å². The van der Waals surface area contributed by atoms with Gasteiger partial charge in [-0.2, -0.15) is 9.40 Å².